The lowest BCUT2D eigenvalue weighted by Crippen LogP contribution is -2.46. The molecule has 1 aromatic heterocycles. The lowest BCUT2D eigenvalue weighted by molar-refractivity contribution is -0.139. The Bertz CT molecular complexity index is 456. The minimum Gasteiger partial charge on any atom is -0.480 e. The van der Waals surface area contributed by atoms with Crippen LogP contribution in [0.3, 0.4) is 0 Å². The topological polar surface area (TPSA) is 82.8 Å². The van der Waals surface area contributed by atoms with Crippen LogP contribution in [-0.4, -0.2) is 35.1 Å². The van der Waals surface area contributed by atoms with Gasteiger partial charge in [-0.1, -0.05) is 19.8 Å². The van der Waals surface area contributed by atoms with Gasteiger partial charge in [0.1, 0.15) is 11.8 Å². The third-order valence-corrected chi connectivity index (χ3v) is 3.16. The zero-order valence-corrected chi connectivity index (χ0v) is 12.2. The number of urea groups is 1. The zero-order valence-electron chi connectivity index (χ0n) is 12.2. The quantitative estimate of drug-likeness (QED) is 0.804. The summed E-state index contributed by atoms with van der Waals surface area (Å²) >= 11 is 0. The van der Waals surface area contributed by atoms with E-state index in [1.54, 1.807) is 19.4 Å². The van der Waals surface area contributed by atoms with Crippen molar-refractivity contribution in [3.63, 3.8) is 0 Å². The third kappa shape index (κ3) is 4.60. The van der Waals surface area contributed by atoms with Crippen LogP contribution in [-0.2, 0) is 11.3 Å². The maximum atomic E-state index is 12.0. The fourth-order valence-electron chi connectivity index (χ4n) is 1.83. The molecule has 0 bridgehead atoms. The van der Waals surface area contributed by atoms with E-state index in [-0.39, 0.29) is 0 Å². The first kappa shape index (κ1) is 16.1. The number of amides is 2. The van der Waals surface area contributed by atoms with Gasteiger partial charge < -0.3 is 19.7 Å². The standard InChI is InChI=1S/C14H22N2O4/c1-4-5-6-12(13(17)18)15-14(19)16(3)9-11-7-8-20-10(11)2/h7-8,12H,4-6,9H2,1-3H3,(H,15,19)(H,17,18). The summed E-state index contributed by atoms with van der Waals surface area (Å²) in [6, 6.07) is 0.565. The number of carboxylic acids is 1. The Morgan fingerprint density at radius 3 is 2.70 bits per heavy atom. The van der Waals surface area contributed by atoms with Crippen molar-refractivity contribution in [3.05, 3.63) is 23.7 Å². The van der Waals surface area contributed by atoms with Crippen LogP contribution in [0.2, 0.25) is 0 Å². The van der Waals surface area contributed by atoms with E-state index in [9.17, 15) is 9.59 Å². The predicted octanol–water partition coefficient (Wildman–Crippen LogP) is 2.37. The molecule has 0 aromatic carbocycles. The second kappa shape index (κ2) is 7.57. The summed E-state index contributed by atoms with van der Waals surface area (Å²) in [5, 5.41) is 11.6. The predicted molar refractivity (Wildman–Crippen MR) is 74.4 cm³/mol. The average Bonchev–Trinajstić information content (AvgIpc) is 2.79. The number of nitrogens with zero attached hydrogens (tertiary/aromatic N) is 1. The smallest absolute Gasteiger partial charge is 0.326 e. The summed E-state index contributed by atoms with van der Waals surface area (Å²) in [6.45, 7) is 4.19. The second-order valence-electron chi connectivity index (χ2n) is 4.84. The van der Waals surface area contributed by atoms with Gasteiger partial charge in [-0.2, -0.15) is 0 Å². The largest absolute Gasteiger partial charge is 0.480 e. The van der Waals surface area contributed by atoms with Crippen LogP contribution >= 0.6 is 0 Å². The van der Waals surface area contributed by atoms with Crippen LogP contribution in [0.25, 0.3) is 0 Å². The Balaban J connectivity index is 2.55. The molecular formula is C14H22N2O4. The maximum Gasteiger partial charge on any atom is 0.326 e. The number of carboxylic acid groups (broad SMARTS) is 1. The van der Waals surface area contributed by atoms with Gasteiger partial charge >= 0.3 is 12.0 Å². The molecule has 112 valence electrons. The molecule has 0 aliphatic rings. The average molecular weight is 282 g/mol. The summed E-state index contributed by atoms with van der Waals surface area (Å²) in [5.41, 5.74) is 0.906. The highest BCUT2D eigenvalue weighted by Crippen LogP contribution is 2.11. The van der Waals surface area contributed by atoms with Crippen molar-refractivity contribution in [2.45, 2.75) is 45.7 Å². The van der Waals surface area contributed by atoms with Gasteiger partial charge in [0, 0.05) is 12.6 Å². The normalized spacial score (nSPS) is 11.9. The molecule has 0 fully saturated rings. The van der Waals surface area contributed by atoms with E-state index in [1.807, 2.05) is 13.8 Å². The first-order valence-electron chi connectivity index (χ1n) is 6.73. The number of furan rings is 1. The molecule has 0 aliphatic carbocycles. The van der Waals surface area contributed by atoms with Crippen LogP contribution in [0, 0.1) is 6.92 Å². The monoisotopic (exact) mass is 282 g/mol. The van der Waals surface area contributed by atoms with Crippen LogP contribution in [0.5, 0.6) is 0 Å². The van der Waals surface area contributed by atoms with Crippen molar-refractivity contribution in [2.75, 3.05) is 7.05 Å². The zero-order chi connectivity index (χ0) is 15.1. The van der Waals surface area contributed by atoms with Crippen molar-refractivity contribution < 1.29 is 19.1 Å². The molecule has 1 unspecified atom stereocenters. The highest BCUT2D eigenvalue weighted by Gasteiger charge is 2.21. The van der Waals surface area contributed by atoms with Crippen LogP contribution in [0.4, 0.5) is 4.79 Å². The second-order valence-corrected chi connectivity index (χ2v) is 4.84. The van der Waals surface area contributed by atoms with Crippen molar-refractivity contribution in [1.29, 1.82) is 0 Å². The van der Waals surface area contributed by atoms with Crippen LogP contribution < -0.4 is 5.32 Å². The van der Waals surface area contributed by atoms with Gasteiger partial charge in [0.05, 0.1) is 12.8 Å². The number of aryl methyl sites for hydroxylation is 1. The molecule has 6 nitrogen and oxygen atoms in total. The molecule has 6 heteroatoms. The van der Waals surface area contributed by atoms with Gasteiger partial charge in [-0.05, 0) is 19.4 Å². The molecule has 1 rings (SSSR count). The van der Waals surface area contributed by atoms with Gasteiger partial charge in [0.25, 0.3) is 0 Å². The molecule has 2 amide bonds. The van der Waals surface area contributed by atoms with E-state index in [1.165, 1.54) is 4.90 Å². The highest BCUT2D eigenvalue weighted by molar-refractivity contribution is 5.82. The van der Waals surface area contributed by atoms with Gasteiger partial charge in [0.15, 0.2) is 0 Å². The first-order chi connectivity index (χ1) is 9.45. The number of unbranched alkanes of at least 4 members (excludes halogenated alkanes) is 1. The van der Waals surface area contributed by atoms with Gasteiger partial charge in [0.2, 0.25) is 0 Å². The number of hydrogen-bond acceptors (Lipinski definition) is 3. The van der Waals surface area contributed by atoms with E-state index in [0.717, 1.165) is 24.2 Å². The Kier molecular flexibility index (Phi) is 6.09. The van der Waals surface area contributed by atoms with Gasteiger partial charge in [-0.3, -0.25) is 0 Å². The lowest BCUT2D eigenvalue weighted by atomic mass is 10.1. The van der Waals surface area contributed by atoms with Crippen molar-refractivity contribution in [3.8, 4) is 0 Å². The van der Waals surface area contributed by atoms with Crippen LogP contribution in [0.15, 0.2) is 16.7 Å². The summed E-state index contributed by atoms with van der Waals surface area (Å²) in [5.74, 6) is -0.245. The Morgan fingerprint density at radius 1 is 1.50 bits per heavy atom. The first-order valence-corrected chi connectivity index (χ1v) is 6.73. The molecule has 1 atom stereocenters. The third-order valence-electron chi connectivity index (χ3n) is 3.16. The number of hydrogen-bond donors (Lipinski definition) is 2. The Hall–Kier alpha value is -1.98. The highest BCUT2D eigenvalue weighted by atomic mass is 16.4. The van der Waals surface area contributed by atoms with E-state index in [2.05, 4.69) is 5.32 Å². The van der Waals surface area contributed by atoms with E-state index in [0.29, 0.717) is 13.0 Å². The fourth-order valence-corrected chi connectivity index (χ4v) is 1.83. The SMILES string of the molecule is CCCCC(NC(=O)N(C)Cc1ccoc1C)C(=O)O. The molecular weight excluding hydrogens is 260 g/mol. The fraction of sp³-hybridized carbons (Fsp3) is 0.571. The summed E-state index contributed by atoms with van der Waals surface area (Å²) < 4.78 is 5.17. The number of carbonyl (C=O) groups is 2. The molecule has 0 saturated heterocycles. The minimum absolute atomic E-state index is 0.383. The van der Waals surface area contributed by atoms with E-state index >= 15 is 0 Å². The molecule has 0 saturated carbocycles. The number of rotatable bonds is 7. The number of carbonyl (C=O) groups excluding carboxylic acids is 1. The minimum atomic E-state index is -1.00. The Labute approximate surface area is 118 Å². The van der Waals surface area contributed by atoms with Crippen molar-refractivity contribution in [2.24, 2.45) is 0 Å². The van der Waals surface area contributed by atoms with Gasteiger partial charge in [-0.25, -0.2) is 9.59 Å². The molecule has 20 heavy (non-hydrogen) atoms. The molecule has 0 spiro atoms. The van der Waals surface area contributed by atoms with Crippen molar-refractivity contribution in [1.82, 2.24) is 10.2 Å². The Morgan fingerprint density at radius 2 is 2.20 bits per heavy atom. The summed E-state index contributed by atoms with van der Waals surface area (Å²) in [4.78, 5) is 24.5. The molecule has 0 aliphatic heterocycles. The van der Waals surface area contributed by atoms with E-state index in [4.69, 9.17) is 9.52 Å². The molecule has 2 N–H and O–H groups in total. The van der Waals surface area contributed by atoms with Crippen molar-refractivity contribution >= 4 is 12.0 Å². The summed E-state index contributed by atoms with van der Waals surface area (Å²) in [7, 11) is 1.63. The lowest BCUT2D eigenvalue weighted by Gasteiger charge is -2.21. The molecule has 1 heterocycles. The van der Waals surface area contributed by atoms with Gasteiger partial charge in [-0.15, -0.1) is 0 Å². The molecule has 1 aromatic rings. The number of aliphatic carboxylic acids is 1. The maximum absolute atomic E-state index is 12.0. The molecule has 0 radical (unpaired) electrons. The van der Waals surface area contributed by atoms with Crippen LogP contribution in [0.1, 0.15) is 37.5 Å². The van der Waals surface area contributed by atoms with E-state index < -0.39 is 18.0 Å². The number of nitrogens with one attached hydrogen (secondary N) is 1. The summed E-state index contributed by atoms with van der Waals surface area (Å²) in [6.07, 6.45) is 3.67.